The van der Waals surface area contributed by atoms with E-state index in [1.165, 1.54) is 39.5 Å². The molecule has 1 heterocycles. The Morgan fingerprint density at radius 2 is 1.03 bits per heavy atom. The van der Waals surface area contributed by atoms with E-state index in [2.05, 4.69) is 142 Å². The first-order valence-electron chi connectivity index (χ1n) is 31.4. The van der Waals surface area contributed by atoms with Crippen molar-refractivity contribution in [3.63, 3.8) is 0 Å². The average Bonchev–Trinajstić information content (AvgIpc) is 1.70. The van der Waals surface area contributed by atoms with Crippen LogP contribution in [0.25, 0.3) is 5.70 Å². The molecule has 6 aromatic rings. The minimum Gasteiger partial charge on any atom is -0.478 e. The molecule has 0 fully saturated rings. The smallest absolute Gasteiger partial charge is 0.335 e. The van der Waals surface area contributed by atoms with E-state index in [-0.39, 0.29) is 36.9 Å². The number of allylic oxidation sites excluding steroid dienone is 8. The fourth-order valence-corrected chi connectivity index (χ4v) is 9.44. The van der Waals surface area contributed by atoms with Gasteiger partial charge in [-0.2, -0.15) is 0 Å². The number of aromatic amines is 1. The minimum atomic E-state index is -3.56. The van der Waals surface area contributed by atoms with Crippen LogP contribution in [0.4, 0.5) is 0 Å². The molecule has 0 aliphatic heterocycles. The van der Waals surface area contributed by atoms with Crippen LogP contribution in [0.3, 0.4) is 0 Å². The van der Waals surface area contributed by atoms with Crippen molar-refractivity contribution < 1.29 is 32.7 Å². The number of carboxylic acid groups (broad SMARTS) is 1. The number of pyridine rings is 1. The summed E-state index contributed by atoms with van der Waals surface area (Å²) in [5, 5.41) is 13.7. The molecule has 0 amide bonds. The number of hydrogen-bond donors (Lipinski definition) is 4. The van der Waals surface area contributed by atoms with Gasteiger partial charge in [0.1, 0.15) is 0 Å². The first-order valence-corrected chi connectivity index (χ1v) is 32.9. The van der Waals surface area contributed by atoms with Crippen molar-refractivity contribution in [1.82, 2.24) is 4.98 Å². The van der Waals surface area contributed by atoms with Gasteiger partial charge in [-0.25, -0.2) is 18.4 Å². The number of fused-ring (bicyclic) bond motifs is 1. The van der Waals surface area contributed by atoms with Crippen LogP contribution in [-0.4, -0.2) is 41.8 Å². The molecule has 6 N–H and O–H groups in total. The molecule has 0 bridgehead atoms. The fraction of sp³-hybridized carbons (Fsp3) is 0.388. The molecule has 3 aliphatic rings. The van der Waals surface area contributed by atoms with Crippen LogP contribution >= 0.6 is 0 Å². The number of benzene rings is 5. The Hall–Kier alpha value is -8.06. The molecule has 5 aromatic carbocycles. The SMILES string of the molecule is C.C.C=C(N)c1ccc(C(C)C)cc1.CC(C)C1=CC=CCC1=O.CC(C)C1=CCC(=O)C=C1.CC(C)c1cc[nH]c(=O)c1.CC(C)c1ccc2c(c1)C(=O)CC2.CC(C)c1cccc(C(=O)O)c1.CC(C)c1cccc(S(N)(=O)=O)c1.Cc1cccc(C(C)C)c1. The number of H-pyrrole nitrogens is 1. The van der Waals surface area contributed by atoms with E-state index in [0.717, 1.165) is 39.8 Å². The molecule has 3 aliphatic carbocycles. The summed E-state index contributed by atoms with van der Waals surface area (Å²) in [6.07, 6.45) is 15.8. The number of hydrogen-bond acceptors (Lipinski definition) is 8. The van der Waals surface area contributed by atoms with Gasteiger partial charge in [0.2, 0.25) is 15.6 Å². The number of carboxylic acids is 1. The highest BCUT2D eigenvalue weighted by atomic mass is 32.2. The number of primary sulfonamides is 1. The second-order valence-electron chi connectivity index (χ2n) is 25.1. The topological polar surface area (TPSA) is 208 Å². The van der Waals surface area contributed by atoms with Gasteiger partial charge in [0.05, 0.1) is 10.5 Å². The Bertz CT molecular complexity index is 3590. The number of carbonyl (C=O) groups is 4. The Morgan fingerprint density at radius 1 is 0.533 bits per heavy atom. The zero-order valence-electron chi connectivity index (χ0n) is 56.7. The van der Waals surface area contributed by atoms with Gasteiger partial charge in [-0.1, -0.05) is 253 Å². The first-order chi connectivity index (χ1) is 42.1. The molecule has 12 heteroatoms. The van der Waals surface area contributed by atoms with Gasteiger partial charge in [0.15, 0.2) is 17.3 Å². The third-order valence-electron chi connectivity index (χ3n) is 14.8. The Morgan fingerprint density at radius 3 is 1.46 bits per heavy atom. The highest BCUT2D eigenvalue weighted by Gasteiger charge is 2.20. The molecule has 500 valence electrons. The van der Waals surface area contributed by atoms with Crippen LogP contribution in [0.2, 0.25) is 0 Å². The number of ketones is 3. The zero-order chi connectivity index (χ0) is 68.0. The van der Waals surface area contributed by atoms with Crippen LogP contribution in [0.1, 0.15) is 251 Å². The van der Waals surface area contributed by atoms with E-state index >= 15 is 0 Å². The molecule has 1 aromatic heterocycles. The van der Waals surface area contributed by atoms with Gasteiger partial charge in [-0.3, -0.25) is 19.2 Å². The van der Waals surface area contributed by atoms with E-state index in [4.69, 9.17) is 16.0 Å². The number of aromatic carboxylic acids is 1. The third-order valence-corrected chi connectivity index (χ3v) is 15.7. The number of carbonyl (C=O) groups excluding carboxylic acids is 3. The number of nitrogens with one attached hydrogen (secondary N) is 1. The lowest BCUT2D eigenvalue weighted by atomic mass is 9.94. The van der Waals surface area contributed by atoms with Crippen LogP contribution in [-0.2, 0) is 26.0 Å². The van der Waals surface area contributed by atoms with Crippen LogP contribution in [0.15, 0.2) is 197 Å². The number of sulfonamides is 1. The number of aromatic nitrogens is 1. The second-order valence-corrected chi connectivity index (χ2v) is 26.6. The Labute approximate surface area is 554 Å². The molecule has 0 saturated carbocycles. The van der Waals surface area contributed by atoms with Gasteiger partial charge in [0.25, 0.3) is 0 Å². The molecule has 11 nitrogen and oxygen atoms in total. The van der Waals surface area contributed by atoms with Crippen LogP contribution < -0.4 is 16.4 Å². The standard InChI is InChI=1S/C12H14O.C11H15N.C10H12O2.C10H14.C9H13NO2S.2C9H12O.C8H11NO.2CH4/c1-8(2)10-4-3-9-5-6-12(13)11(9)7-10;1-8(2)10-4-6-11(7-5-10)9(3)12;1-7(2)8-4-3-5-9(6-8)10(11)12;1-8(2)10-6-4-5-9(3)7-10;1-7(2)8-4-3-5-9(6-8)13(10,11)12;1-7(2)8-3-5-9(10)6-4-8;1-7(2)8-5-3-4-6-9(8)10;1-6(2)7-3-4-9-8(10)5-7;;/h3-4,7-8H,5-6H2,1-2H3;4-8H,3,12H2,1-2H3;3-7H,1-2H3,(H,11,12);4-8H,1-3H3;3-7H,1-2H3,(H2,10,11,12);2*3-5,7H,6H2,1-2H3;3-6H,1-2H3,(H,9,10);2*1H4. The summed E-state index contributed by atoms with van der Waals surface area (Å²) >= 11 is 0. The van der Waals surface area contributed by atoms with Gasteiger partial charge in [0, 0.05) is 42.8 Å². The summed E-state index contributed by atoms with van der Waals surface area (Å²) < 4.78 is 22.0. The highest BCUT2D eigenvalue weighted by Crippen LogP contribution is 2.26. The predicted molar refractivity (Wildman–Crippen MR) is 390 cm³/mol. The van der Waals surface area contributed by atoms with Crippen LogP contribution in [0, 0.1) is 18.8 Å². The highest BCUT2D eigenvalue weighted by molar-refractivity contribution is 7.89. The van der Waals surface area contributed by atoms with Crippen molar-refractivity contribution in [2.45, 2.75) is 199 Å². The van der Waals surface area contributed by atoms with Crippen molar-refractivity contribution >= 4 is 39.0 Å². The lowest BCUT2D eigenvalue weighted by Gasteiger charge is -2.10. The van der Waals surface area contributed by atoms with Gasteiger partial charge in [-0.15, -0.1) is 0 Å². The summed E-state index contributed by atoms with van der Waals surface area (Å²) in [5.41, 5.74) is 20.5. The predicted octanol–water partition coefficient (Wildman–Crippen LogP) is 19.7. The monoisotopic (exact) mass is 1270 g/mol. The van der Waals surface area contributed by atoms with E-state index in [1.807, 2.05) is 102 Å². The minimum absolute atomic E-state index is 0. The molecule has 0 unspecified atom stereocenters. The average molecular weight is 1270 g/mol. The van der Waals surface area contributed by atoms with Crippen molar-refractivity contribution in [2.75, 3.05) is 0 Å². The maximum absolute atomic E-state index is 11.4. The van der Waals surface area contributed by atoms with Crippen LogP contribution in [0.5, 0.6) is 0 Å². The third kappa shape index (κ3) is 31.3. The Kier molecular flexibility index (Phi) is 38.5. The van der Waals surface area contributed by atoms with Gasteiger partial charge < -0.3 is 15.8 Å². The number of aryl methyl sites for hydroxylation is 2. The van der Waals surface area contributed by atoms with Crippen molar-refractivity contribution in [3.05, 3.63) is 259 Å². The van der Waals surface area contributed by atoms with Crippen molar-refractivity contribution in [1.29, 1.82) is 0 Å². The molecule has 0 radical (unpaired) electrons. The number of nitrogens with two attached hydrogens (primary N) is 2. The maximum Gasteiger partial charge on any atom is 0.335 e. The van der Waals surface area contributed by atoms with Gasteiger partial charge in [-0.05, 0) is 159 Å². The van der Waals surface area contributed by atoms with E-state index in [9.17, 15) is 32.4 Å². The quantitative estimate of drug-likeness (QED) is 0.0972. The van der Waals surface area contributed by atoms with E-state index in [1.54, 1.807) is 48.7 Å². The largest absolute Gasteiger partial charge is 0.478 e. The van der Waals surface area contributed by atoms with Gasteiger partial charge >= 0.3 is 5.97 Å². The normalized spacial score (nSPS) is 12.7. The Balaban J connectivity index is 0.00000103. The molecule has 0 spiro atoms. The number of rotatable bonds is 11. The second kappa shape index (κ2) is 42.2. The van der Waals surface area contributed by atoms with E-state index < -0.39 is 16.0 Å². The number of Topliss-reactive ketones (excluding diaryl/α,β-unsaturated/α-hetero) is 2. The summed E-state index contributed by atoms with van der Waals surface area (Å²) in [6, 6.07) is 40.5. The summed E-state index contributed by atoms with van der Waals surface area (Å²) in [4.78, 5) is 57.3. The molecule has 9 rings (SSSR count). The summed E-state index contributed by atoms with van der Waals surface area (Å²) in [7, 11) is -3.56. The molecule has 0 atom stereocenters. The van der Waals surface area contributed by atoms with E-state index in [0.29, 0.717) is 83.6 Å². The molecular formula is C80H111N3O8S. The lowest BCUT2D eigenvalue weighted by Crippen LogP contribution is -2.12. The lowest BCUT2D eigenvalue weighted by molar-refractivity contribution is -0.115. The molecule has 92 heavy (non-hydrogen) atoms. The summed E-state index contributed by atoms with van der Waals surface area (Å²) in [6.45, 7) is 39.5. The van der Waals surface area contributed by atoms with Crippen molar-refractivity contribution in [3.8, 4) is 0 Å². The zero-order valence-corrected chi connectivity index (χ0v) is 57.5. The van der Waals surface area contributed by atoms with Crippen molar-refractivity contribution in [2.24, 2.45) is 22.7 Å². The molecular weight excluding hydrogens is 1160 g/mol. The summed E-state index contributed by atoms with van der Waals surface area (Å²) in [5.74, 6) is 3.72. The first kappa shape index (κ1) is 83.9. The maximum atomic E-state index is 11.4. The fourth-order valence-electron chi connectivity index (χ4n) is 8.87. The molecule has 0 saturated heterocycles.